The largest absolute Gasteiger partial charge is 0.444 e. The van der Waals surface area contributed by atoms with E-state index in [4.69, 9.17) is 16.3 Å². The Morgan fingerprint density at radius 3 is 2.50 bits per heavy atom. The molecule has 1 aromatic carbocycles. The summed E-state index contributed by atoms with van der Waals surface area (Å²) < 4.78 is 6.99. The molecule has 2 unspecified atom stereocenters. The van der Waals surface area contributed by atoms with Gasteiger partial charge in [0.2, 0.25) is 5.91 Å². The number of nitrogens with one attached hydrogen (secondary N) is 1. The molecule has 2 fully saturated rings. The van der Waals surface area contributed by atoms with Crippen molar-refractivity contribution in [3.8, 4) is 0 Å². The second-order valence-corrected chi connectivity index (χ2v) is 13.5. The quantitative estimate of drug-likeness (QED) is 0.411. The Kier molecular flexibility index (Phi) is 8.75. The van der Waals surface area contributed by atoms with Crippen LogP contribution in [-0.4, -0.2) is 85.2 Å². The van der Waals surface area contributed by atoms with Crippen LogP contribution < -0.4 is 16.0 Å². The monoisotopic (exact) mass is 625 g/mol. The third-order valence-electron chi connectivity index (χ3n) is 8.39. The van der Waals surface area contributed by atoms with Gasteiger partial charge in [0.25, 0.3) is 0 Å². The molecule has 2 aromatic heterocycles. The average molecular weight is 626 g/mol. The first-order chi connectivity index (χ1) is 20.7. The molecular weight excluding hydrogens is 586 g/mol. The van der Waals surface area contributed by atoms with Crippen LogP contribution in [0.4, 0.5) is 10.6 Å². The number of carbonyl (C=O) groups is 2. The molecule has 3 aromatic rings. The third kappa shape index (κ3) is 6.45. The summed E-state index contributed by atoms with van der Waals surface area (Å²) in [5, 5.41) is 0.560. The number of halogens is 1. The molecule has 3 atom stereocenters. The molecule has 5 rings (SSSR count). The van der Waals surface area contributed by atoms with Gasteiger partial charge in [-0.05, 0) is 71.1 Å². The molecule has 4 heterocycles. The number of anilines is 1. The minimum atomic E-state index is -0.744. The van der Waals surface area contributed by atoms with Gasteiger partial charge in [0, 0.05) is 50.3 Å². The number of aryl methyl sites for hydroxylation is 1. The number of fused-ring (bicyclic) bond motifs is 3. The van der Waals surface area contributed by atoms with Gasteiger partial charge in [-0.2, -0.15) is 0 Å². The Balaban J connectivity index is 1.47. The van der Waals surface area contributed by atoms with Crippen LogP contribution in [0.2, 0.25) is 5.02 Å². The number of hydrogen-bond donors (Lipinski definition) is 1. The Bertz CT molecular complexity index is 1660. The van der Waals surface area contributed by atoms with Crippen LogP contribution in [0.5, 0.6) is 0 Å². The summed E-state index contributed by atoms with van der Waals surface area (Å²) in [7, 11) is 1.54. The highest BCUT2D eigenvalue weighted by Gasteiger charge is 2.42. The zero-order valence-electron chi connectivity index (χ0n) is 26.0. The van der Waals surface area contributed by atoms with E-state index in [1.807, 2.05) is 51.7 Å². The van der Waals surface area contributed by atoms with Gasteiger partial charge < -0.3 is 29.0 Å². The van der Waals surface area contributed by atoms with Gasteiger partial charge in [-0.15, -0.1) is 0 Å². The molecule has 2 bridgehead atoms. The summed E-state index contributed by atoms with van der Waals surface area (Å²) in [5.74, 6) is 0.113. The number of nitrogens with zero attached hydrogens (tertiary/aromatic N) is 6. The summed E-state index contributed by atoms with van der Waals surface area (Å²) in [6.07, 6.45) is 2.55. The standard InChI is InChI=1S/C31H40ClN7O5/c1-18(2)38(30(43)44-31(3,4)5)16-23(20-7-9-21(32)10-8-20)28(41)39-14-19-11-12-37(15-22(39)13-19)26-24-25(33-17-34-26)35-27(40)29(42)36(24)6/h7-10,17-19,22-23H,11-16H2,1-6H3,(H,33,34,35,40)/t19?,22?,23-/m1/s1. The molecule has 0 spiro atoms. The lowest BCUT2D eigenvalue weighted by Crippen LogP contribution is -2.50. The Labute approximate surface area is 261 Å². The van der Waals surface area contributed by atoms with Crippen molar-refractivity contribution in [1.29, 1.82) is 0 Å². The highest BCUT2D eigenvalue weighted by atomic mass is 35.5. The number of rotatable bonds is 6. The number of benzene rings is 1. The second kappa shape index (κ2) is 12.2. The summed E-state index contributed by atoms with van der Waals surface area (Å²) in [4.78, 5) is 69.3. The SMILES string of the molecule is CC(C)N(C[C@@H](C(=O)N1CC2CCN(c3ncnc4[nH]c(=O)c(=O)n(C)c34)CC1C2)c1ccc(Cl)cc1)C(=O)OC(C)(C)C. The normalized spacial score (nSPS) is 19.3. The van der Waals surface area contributed by atoms with E-state index in [-0.39, 0.29) is 36.1 Å². The molecule has 2 amide bonds. The van der Waals surface area contributed by atoms with Gasteiger partial charge >= 0.3 is 17.2 Å². The minimum Gasteiger partial charge on any atom is -0.444 e. The smallest absolute Gasteiger partial charge is 0.410 e. The van der Waals surface area contributed by atoms with Crippen molar-refractivity contribution >= 4 is 40.6 Å². The number of aromatic nitrogens is 4. The molecule has 0 radical (unpaired) electrons. The number of carbonyl (C=O) groups excluding carboxylic acids is 2. The van der Waals surface area contributed by atoms with Crippen LogP contribution in [0.1, 0.15) is 58.9 Å². The minimum absolute atomic E-state index is 0.0693. The molecule has 2 saturated heterocycles. The molecule has 44 heavy (non-hydrogen) atoms. The highest BCUT2D eigenvalue weighted by molar-refractivity contribution is 6.30. The fraction of sp³-hybridized carbons (Fsp3) is 0.548. The van der Waals surface area contributed by atoms with E-state index < -0.39 is 28.7 Å². The Morgan fingerprint density at radius 1 is 1.14 bits per heavy atom. The number of hydrogen-bond acceptors (Lipinski definition) is 8. The van der Waals surface area contributed by atoms with Crippen molar-refractivity contribution in [2.75, 3.05) is 31.1 Å². The van der Waals surface area contributed by atoms with Crippen LogP contribution in [0.15, 0.2) is 40.2 Å². The van der Waals surface area contributed by atoms with Crippen LogP contribution in [0, 0.1) is 5.92 Å². The second-order valence-electron chi connectivity index (χ2n) is 13.0. The van der Waals surface area contributed by atoms with E-state index in [1.54, 1.807) is 17.0 Å². The third-order valence-corrected chi connectivity index (χ3v) is 8.64. The fourth-order valence-corrected chi connectivity index (χ4v) is 6.32. The van der Waals surface area contributed by atoms with E-state index in [1.165, 1.54) is 17.9 Å². The van der Waals surface area contributed by atoms with Crippen LogP contribution >= 0.6 is 11.6 Å². The maximum atomic E-state index is 14.5. The molecule has 13 heteroatoms. The highest BCUT2D eigenvalue weighted by Crippen LogP contribution is 2.35. The van der Waals surface area contributed by atoms with E-state index in [0.29, 0.717) is 36.0 Å². The van der Waals surface area contributed by atoms with E-state index in [2.05, 4.69) is 19.9 Å². The fourth-order valence-electron chi connectivity index (χ4n) is 6.19. The van der Waals surface area contributed by atoms with Gasteiger partial charge in [-0.1, -0.05) is 23.7 Å². The van der Waals surface area contributed by atoms with Crippen molar-refractivity contribution in [2.24, 2.45) is 13.0 Å². The summed E-state index contributed by atoms with van der Waals surface area (Å²) in [5.41, 5.74) is -0.622. The maximum absolute atomic E-state index is 14.5. The van der Waals surface area contributed by atoms with Gasteiger partial charge in [0.1, 0.15) is 17.4 Å². The first-order valence-electron chi connectivity index (χ1n) is 15.0. The van der Waals surface area contributed by atoms with Crippen LogP contribution in [-0.2, 0) is 16.6 Å². The lowest BCUT2D eigenvalue weighted by molar-refractivity contribution is -0.134. The predicted octanol–water partition coefficient (Wildman–Crippen LogP) is 3.53. The molecule has 2 aliphatic rings. The van der Waals surface area contributed by atoms with Crippen molar-refractivity contribution < 1.29 is 14.3 Å². The number of aromatic amines is 1. The van der Waals surface area contributed by atoms with Gasteiger partial charge in [0.15, 0.2) is 11.5 Å². The Hall–Kier alpha value is -3.93. The molecule has 0 saturated carbocycles. The van der Waals surface area contributed by atoms with E-state index in [0.717, 1.165) is 18.4 Å². The number of amides is 2. The number of H-pyrrole nitrogens is 1. The van der Waals surface area contributed by atoms with Crippen molar-refractivity contribution in [3.05, 3.63) is 61.9 Å². The zero-order chi connectivity index (χ0) is 31.9. The molecule has 1 N–H and O–H groups in total. The number of likely N-dealkylation sites (tertiary alicyclic amines) is 1. The van der Waals surface area contributed by atoms with Gasteiger partial charge in [0.05, 0.1) is 5.92 Å². The van der Waals surface area contributed by atoms with Crippen molar-refractivity contribution in [2.45, 2.75) is 71.1 Å². The first-order valence-corrected chi connectivity index (χ1v) is 15.4. The van der Waals surface area contributed by atoms with Gasteiger partial charge in [-0.25, -0.2) is 14.8 Å². The lowest BCUT2D eigenvalue weighted by atomic mass is 9.95. The van der Waals surface area contributed by atoms with Crippen LogP contribution in [0.25, 0.3) is 11.2 Å². The molecule has 0 aliphatic carbocycles. The topological polar surface area (TPSA) is 134 Å². The van der Waals surface area contributed by atoms with Crippen LogP contribution in [0.3, 0.4) is 0 Å². The van der Waals surface area contributed by atoms with Crippen molar-refractivity contribution in [1.82, 2.24) is 29.3 Å². The maximum Gasteiger partial charge on any atom is 0.410 e. The molecule has 236 valence electrons. The lowest BCUT2D eigenvalue weighted by Gasteiger charge is -2.37. The Morgan fingerprint density at radius 2 is 1.84 bits per heavy atom. The predicted molar refractivity (Wildman–Crippen MR) is 168 cm³/mol. The molecule has 12 nitrogen and oxygen atoms in total. The average Bonchev–Trinajstić information content (AvgIpc) is 3.23. The van der Waals surface area contributed by atoms with E-state index in [9.17, 15) is 19.2 Å². The summed E-state index contributed by atoms with van der Waals surface area (Å²) in [6.45, 7) is 11.2. The van der Waals surface area contributed by atoms with Crippen molar-refractivity contribution in [3.63, 3.8) is 0 Å². The number of ether oxygens (including phenoxy) is 1. The van der Waals surface area contributed by atoms with E-state index >= 15 is 0 Å². The zero-order valence-corrected chi connectivity index (χ0v) is 26.8. The van der Waals surface area contributed by atoms with Gasteiger partial charge in [-0.3, -0.25) is 14.4 Å². The summed E-state index contributed by atoms with van der Waals surface area (Å²) >= 11 is 6.20. The molecule has 2 aliphatic heterocycles. The molecular formula is C31H40ClN7O5. The first kappa shape index (κ1) is 31.5. The summed E-state index contributed by atoms with van der Waals surface area (Å²) in [6, 6.07) is 6.88.